The maximum atomic E-state index is 12.1. The molecule has 106 valence electrons. The number of H-pyrrole nitrogens is 1. The minimum Gasteiger partial charge on any atom is -0.307 e. The van der Waals surface area contributed by atoms with Gasteiger partial charge in [-0.3, -0.25) is 9.89 Å². The Hall–Kier alpha value is -2.15. The lowest BCUT2D eigenvalue weighted by molar-refractivity contribution is 0.102. The summed E-state index contributed by atoms with van der Waals surface area (Å²) in [4.78, 5) is 12.2. The van der Waals surface area contributed by atoms with E-state index in [4.69, 9.17) is 0 Å². The molecule has 0 fully saturated rings. The number of aromatic nitrogens is 2. The van der Waals surface area contributed by atoms with Gasteiger partial charge in [0.05, 0.1) is 11.1 Å². The van der Waals surface area contributed by atoms with Gasteiger partial charge in [0.25, 0.3) is 5.91 Å². The molecule has 0 radical (unpaired) electrons. The van der Waals surface area contributed by atoms with Crippen LogP contribution in [0.5, 0.6) is 0 Å². The molecule has 2 rings (SSSR count). The SMILES string of the molecule is CCc1cn[nH]c1NC(=O)c1cccc(S(C)(=O)=O)c1. The van der Waals surface area contributed by atoms with Crippen LogP contribution in [-0.4, -0.2) is 30.8 Å². The summed E-state index contributed by atoms with van der Waals surface area (Å²) < 4.78 is 23.0. The number of carbonyl (C=O) groups is 1. The highest BCUT2D eigenvalue weighted by Gasteiger charge is 2.13. The number of hydrogen-bond acceptors (Lipinski definition) is 4. The highest BCUT2D eigenvalue weighted by atomic mass is 32.2. The normalized spacial score (nSPS) is 11.3. The predicted molar refractivity (Wildman–Crippen MR) is 75.5 cm³/mol. The summed E-state index contributed by atoms with van der Waals surface area (Å²) in [5, 5.41) is 9.25. The summed E-state index contributed by atoms with van der Waals surface area (Å²) in [5.74, 6) is 0.150. The molecule has 20 heavy (non-hydrogen) atoms. The quantitative estimate of drug-likeness (QED) is 0.896. The molecule has 2 N–H and O–H groups in total. The number of sulfone groups is 1. The van der Waals surface area contributed by atoms with Crippen LogP contribution in [0.15, 0.2) is 35.4 Å². The zero-order valence-corrected chi connectivity index (χ0v) is 12.0. The van der Waals surface area contributed by atoms with E-state index in [1.807, 2.05) is 6.92 Å². The lowest BCUT2D eigenvalue weighted by Crippen LogP contribution is -2.14. The van der Waals surface area contributed by atoms with Crippen molar-refractivity contribution in [1.82, 2.24) is 10.2 Å². The van der Waals surface area contributed by atoms with Crippen molar-refractivity contribution in [2.75, 3.05) is 11.6 Å². The van der Waals surface area contributed by atoms with Crippen LogP contribution in [0.4, 0.5) is 5.82 Å². The van der Waals surface area contributed by atoms with Crippen LogP contribution in [0, 0.1) is 0 Å². The van der Waals surface area contributed by atoms with Crippen molar-refractivity contribution in [3.63, 3.8) is 0 Å². The minimum absolute atomic E-state index is 0.116. The van der Waals surface area contributed by atoms with Gasteiger partial charge in [-0.2, -0.15) is 5.10 Å². The van der Waals surface area contributed by atoms with Crippen molar-refractivity contribution in [2.45, 2.75) is 18.2 Å². The molecule has 0 unspecified atom stereocenters. The molecule has 1 amide bonds. The molecule has 0 atom stereocenters. The molecular formula is C13H15N3O3S. The smallest absolute Gasteiger partial charge is 0.256 e. The molecule has 0 saturated heterocycles. The molecule has 1 aromatic heterocycles. The number of rotatable bonds is 4. The second kappa shape index (κ2) is 5.46. The van der Waals surface area contributed by atoms with E-state index in [-0.39, 0.29) is 16.4 Å². The summed E-state index contributed by atoms with van der Waals surface area (Å²) in [6.07, 6.45) is 3.48. The van der Waals surface area contributed by atoms with Crippen molar-refractivity contribution in [3.05, 3.63) is 41.6 Å². The van der Waals surface area contributed by atoms with Crippen LogP contribution >= 0.6 is 0 Å². The number of carbonyl (C=O) groups excluding carboxylic acids is 1. The minimum atomic E-state index is -3.33. The Morgan fingerprint density at radius 2 is 2.15 bits per heavy atom. The van der Waals surface area contributed by atoms with Crippen molar-refractivity contribution in [2.24, 2.45) is 0 Å². The number of nitrogens with zero attached hydrogens (tertiary/aromatic N) is 1. The van der Waals surface area contributed by atoms with Gasteiger partial charge in [-0.15, -0.1) is 0 Å². The molecule has 1 aromatic carbocycles. The number of amides is 1. The highest BCUT2D eigenvalue weighted by Crippen LogP contribution is 2.15. The first-order chi connectivity index (χ1) is 9.41. The third kappa shape index (κ3) is 3.05. The van der Waals surface area contributed by atoms with Crippen LogP contribution in [0.25, 0.3) is 0 Å². The van der Waals surface area contributed by atoms with Gasteiger partial charge in [-0.25, -0.2) is 8.42 Å². The van der Waals surface area contributed by atoms with E-state index in [9.17, 15) is 13.2 Å². The predicted octanol–water partition coefficient (Wildman–Crippen LogP) is 1.63. The fraction of sp³-hybridized carbons (Fsp3) is 0.231. The maximum Gasteiger partial charge on any atom is 0.256 e. The van der Waals surface area contributed by atoms with Gasteiger partial charge in [0.2, 0.25) is 0 Å². The summed E-state index contributed by atoms with van der Waals surface area (Å²) in [6, 6.07) is 5.91. The fourth-order valence-electron chi connectivity index (χ4n) is 1.74. The van der Waals surface area contributed by atoms with Crippen molar-refractivity contribution < 1.29 is 13.2 Å². The van der Waals surface area contributed by atoms with Gasteiger partial charge in [-0.1, -0.05) is 13.0 Å². The fourth-order valence-corrected chi connectivity index (χ4v) is 2.41. The van der Waals surface area contributed by atoms with Crippen LogP contribution < -0.4 is 5.32 Å². The van der Waals surface area contributed by atoms with Crippen LogP contribution in [-0.2, 0) is 16.3 Å². The second-order valence-corrected chi connectivity index (χ2v) is 6.39. The third-order valence-electron chi connectivity index (χ3n) is 2.86. The van der Waals surface area contributed by atoms with Gasteiger partial charge in [0.15, 0.2) is 9.84 Å². The van der Waals surface area contributed by atoms with Crippen molar-refractivity contribution in [3.8, 4) is 0 Å². The molecule has 0 saturated carbocycles. The highest BCUT2D eigenvalue weighted by molar-refractivity contribution is 7.90. The molecule has 6 nitrogen and oxygen atoms in total. The monoisotopic (exact) mass is 293 g/mol. The van der Waals surface area contributed by atoms with Gasteiger partial charge >= 0.3 is 0 Å². The average molecular weight is 293 g/mol. The lowest BCUT2D eigenvalue weighted by atomic mass is 10.2. The second-order valence-electron chi connectivity index (χ2n) is 4.38. The first kappa shape index (κ1) is 14.3. The van der Waals surface area contributed by atoms with E-state index in [2.05, 4.69) is 15.5 Å². The first-order valence-electron chi connectivity index (χ1n) is 6.05. The number of hydrogen-bond donors (Lipinski definition) is 2. The van der Waals surface area contributed by atoms with E-state index in [1.165, 1.54) is 12.1 Å². The van der Waals surface area contributed by atoms with Gasteiger partial charge in [0.1, 0.15) is 5.82 Å². The van der Waals surface area contributed by atoms with E-state index in [0.717, 1.165) is 18.2 Å². The summed E-state index contributed by atoms with van der Waals surface area (Å²) in [6.45, 7) is 1.95. The molecule has 0 bridgehead atoms. The first-order valence-corrected chi connectivity index (χ1v) is 7.94. The Balaban J connectivity index is 2.26. The molecule has 0 spiro atoms. The Morgan fingerprint density at radius 1 is 1.40 bits per heavy atom. The molecule has 0 aliphatic rings. The third-order valence-corrected chi connectivity index (χ3v) is 3.97. The van der Waals surface area contributed by atoms with Gasteiger partial charge < -0.3 is 5.32 Å². The number of nitrogens with one attached hydrogen (secondary N) is 2. The largest absolute Gasteiger partial charge is 0.307 e. The number of anilines is 1. The van der Waals surface area contributed by atoms with Gasteiger partial charge in [0, 0.05) is 17.4 Å². The number of aryl methyl sites for hydroxylation is 1. The van der Waals surface area contributed by atoms with Crippen molar-refractivity contribution >= 4 is 21.6 Å². The Bertz CT molecular complexity index is 735. The van der Waals surface area contributed by atoms with E-state index in [0.29, 0.717) is 5.82 Å². The lowest BCUT2D eigenvalue weighted by Gasteiger charge is -2.06. The van der Waals surface area contributed by atoms with Crippen molar-refractivity contribution in [1.29, 1.82) is 0 Å². The molecule has 0 aliphatic carbocycles. The zero-order chi connectivity index (χ0) is 14.8. The summed E-state index contributed by atoms with van der Waals surface area (Å²) in [5.41, 5.74) is 1.17. The summed E-state index contributed by atoms with van der Waals surface area (Å²) in [7, 11) is -3.33. The topological polar surface area (TPSA) is 91.9 Å². The standard InChI is InChI=1S/C13H15N3O3S/c1-3-9-8-14-16-12(9)15-13(17)10-5-4-6-11(7-10)20(2,18)19/h4-8H,3H2,1-2H3,(H2,14,15,16,17). The van der Waals surface area contributed by atoms with E-state index >= 15 is 0 Å². The van der Waals surface area contributed by atoms with Gasteiger partial charge in [-0.05, 0) is 24.6 Å². The van der Waals surface area contributed by atoms with E-state index < -0.39 is 9.84 Å². The average Bonchev–Trinajstić information content (AvgIpc) is 2.85. The van der Waals surface area contributed by atoms with Crippen LogP contribution in [0.2, 0.25) is 0 Å². The molecule has 7 heteroatoms. The maximum absolute atomic E-state index is 12.1. The Morgan fingerprint density at radius 3 is 2.80 bits per heavy atom. The number of benzene rings is 1. The van der Waals surface area contributed by atoms with Crippen LogP contribution in [0.3, 0.4) is 0 Å². The molecule has 0 aliphatic heterocycles. The Labute approximate surface area is 117 Å². The zero-order valence-electron chi connectivity index (χ0n) is 11.2. The van der Waals surface area contributed by atoms with Crippen LogP contribution in [0.1, 0.15) is 22.8 Å². The molecular weight excluding hydrogens is 278 g/mol. The number of aromatic amines is 1. The summed E-state index contributed by atoms with van der Waals surface area (Å²) >= 11 is 0. The molecule has 2 aromatic rings. The Kier molecular flexibility index (Phi) is 3.89. The molecule has 1 heterocycles. The van der Waals surface area contributed by atoms with E-state index in [1.54, 1.807) is 18.3 Å².